The Morgan fingerprint density at radius 3 is 2.20 bits per heavy atom. The molecule has 2 aliphatic rings. The van der Waals surface area contributed by atoms with Crippen molar-refractivity contribution in [2.45, 2.75) is 25.9 Å². The fourth-order valence-electron chi connectivity index (χ4n) is 4.43. The van der Waals surface area contributed by atoms with Crippen LogP contribution < -0.4 is 9.64 Å². The van der Waals surface area contributed by atoms with Crippen molar-refractivity contribution in [3.63, 3.8) is 0 Å². The first-order chi connectivity index (χ1) is 16.9. The van der Waals surface area contributed by atoms with Gasteiger partial charge in [-0.1, -0.05) is 17.7 Å². The molecule has 186 valence electrons. The molecule has 0 aliphatic carbocycles. The first-order valence-electron chi connectivity index (χ1n) is 12.3. The summed E-state index contributed by atoms with van der Waals surface area (Å²) in [6.45, 7) is 11.1. The van der Waals surface area contributed by atoms with Crippen molar-refractivity contribution < 1.29 is 9.53 Å². The number of likely N-dealkylation sites (tertiary alicyclic amines) is 1. The van der Waals surface area contributed by atoms with Gasteiger partial charge in [-0.3, -0.25) is 0 Å². The number of likely N-dealkylation sites (N-methyl/N-ethyl adjacent to an activating group) is 1. The highest BCUT2D eigenvalue weighted by molar-refractivity contribution is 6.02. The molecule has 2 aliphatic heterocycles. The van der Waals surface area contributed by atoms with Gasteiger partial charge in [0.1, 0.15) is 11.9 Å². The maximum absolute atomic E-state index is 13.0. The summed E-state index contributed by atoms with van der Waals surface area (Å²) in [7, 11) is 3.82. The van der Waals surface area contributed by atoms with Crippen molar-refractivity contribution in [1.29, 1.82) is 0 Å². The quantitative estimate of drug-likeness (QED) is 0.375. The number of aliphatic imine (C=N–C) groups is 1. The van der Waals surface area contributed by atoms with Gasteiger partial charge in [0.2, 0.25) is 0 Å². The second kappa shape index (κ2) is 11.4. The molecule has 2 amide bonds. The number of rotatable bonds is 5. The van der Waals surface area contributed by atoms with E-state index in [4.69, 9.17) is 4.74 Å². The van der Waals surface area contributed by atoms with Crippen molar-refractivity contribution in [3.8, 4) is 5.75 Å². The van der Waals surface area contributed by atoms with Crippen molar-refractivity contribution in [1.82, 2.24) is 14.8 Å². The summed E-state index contributed by atoms with van der Waals surface area (Å²) in [5.74, 6) is 1.31. The summed E-state index contributed by atoms with van der Waals surface area (Å²) in [5.41, 5.74) is 3.23. The average molecular weight is 477 g/mol. The van der Waals surface area contributed by atoms with Gasteiger partial charge in [-0.2, -0.15) is 0 Å². The van der Waals surface area contributed by atoms with Crippen LogP contribution in [-0.2, 0) is 0 Å². The Hall–Kier alpha value is -3.39. The Labute approximate surface area is 208 Å². The standard InChI is InChI=1S/C27H36N6O2/c1-21-5-11-24(12-6-21)35-25-13-15-33(16-14-25)27(34)31(4)29-26(28-2)22-7-9-23(10-8-22)32-19-17-30(3)18-20-32/h5-12,25H,2,13-20H2,1,3-4H3/b29-26-. The Bertz CT molecular complexity index is 1020. The number of hydrogen-bond acceptors (Lipinski definition) is 5. The lowest BCUT2D eigenvalue weighted by atomic mass is 10.1. The molecule has 0 N–H and O–H groups in total. The second-order valence-corrected chi connectivity index (χ2v) is 9.34. The number of piperidine rings is 1. The van der Waals surface area contributed by atoms with Crippen molar-refractivity contribution in [3.05, 3.63) is 59.7 Å². The Kier molecular flexibility index (Phi) is 8.02. The summed E-state index contributed by atoms with van der Waals surface area (Å²) in [6.07, 6.45) is 1.69. The van der Waals surface area contributed by atoms with Crippen LogP contribution >= 0.6 is 0 Å². The Morgan fingerprint density at radius 1 is 0.971 bits per heavy atom. The molecule has 2 fully saturated rings. The third-order valence-corrected chi connectivity index (χ3v) is 6.70. The molecule has 2 heterocycles. The van der Waals surface area contributed by atoms with Crippen LogP contribution in [0.25, 0.3) is 0 Å². The molecule has 8 nitrogen and oxygen atoms in total. The number of carbonyl (C=O) groups is 1. The normalized spacial score (nSPS) is 17.9. The molecule has 0 bridgehead atoms. The maximum Gasteiger partial charge on any atom is 0.340 e. The number of ether oxygens (including phenoxy) is 1. The summed E-state index contributed by atoms with van der Waals surface area (Å²) in [5, 5.41) is 5.83. The number of hydrazone groups is 1. The first kappa shape index (κ1) is 24.7. The molecule has 2 aromatic carbocycles. The topological polar surface area (TPSA) is 64.0 Å². The number of amidine groups is 1. The molecule has 8 heteroatoms. The first-order valence-corrected chi connectivity index (χ1v) is 12.3. The van der Waals surface area contributed by atoms with E-state index in [9.17, 15) is 4.79 Å². The van der Waals surface area contributed by atoms with E-state index in [-0.39, 0.29) is 12.1 Å². The molecule has 0 aromatic heterocycles. The van der Waals surface area contributed by atoms with Gasteiger partial charge < -0.3 is 19.4 Å². The van der Waals surface area contributed by atoms with Crippen LogP contribution in [0.4, 0.5) is 10.5 Å². The largest absolute Gasteiger partial charge is 0.490 e. The molecule has 35 heavy (non-hydrogen) atoms. The fourth-order valence-corrected chi connectivity index (χ4v) is 4.43. The van der Waals surface area contributed by atoms with Crippen molar-refractivity contribution in [2.75, 3.05) is 58.3 Å². The number of benzene rings is 2. The Balaban J connectivity index is 1.32. The number of aryl methyl sites for hydroxylation is 1. The van der Waals surface area contributed by atoms with Gasteiger partial charge in [0.15, 0.2) is 5.84 Å². The van der Waals surface area contributed by atoms with Crippen LogP contribution in [0, 0.1) is 6.92 Å². The van der Waals surface area contributed by atoms with E-state index in [1.54, 1.807) is 7.05 Å². The summed E-state index contributed by atoms with van der Waals surface area (Å²) < 4.78 is 6.09. The summed E-state index contributed by atoms with van der Waals surface area (Å²) >= 11 is 0. The number of hydrogen-bond donors (Lipinski definition) is 0. The van der Waals surface area contributed by atoms with Crippen LogP contribution in [0.15, 0.2) is 58.6 Å². The third kappa shape index (κ3) is 6.39. The zero-order valence-electron chi connectivity index (χ0n) is 21.1. The molecular formula is C27H36N6O2. The molecule has 0 saturated carbocycles. The fraction of sp³-hybridized carbons (Fsp3) is 0.444. The predicted octanol–water partition coefficient (Wildman–Crippen LogP) is 3.70. The van der Waals surface area contributed by atoms with Crippen LogP contribution in [-0.4, -0.2) is 92.9 Å². The highest BCUT2D eigenvalue weighted by atomic mass is 16.5. The molecule has 0 unspecified atom stereocenters. The SMILES string of the molecule is C=N/C(=N\N(C)C(=O)N1CCC(Oc2ccc(C)cc2)CC1)c1ccc(N2CCN(C)CC2)cc1. The smallest absolute Gasteiger partial charge is 0.340 e. The monoisotopic (exact) mass is 476 g/mol. The zero-order chi connectivity index (χ0) is 24.8. The van der Waals surface area contributed by atoms with E-state index < -0.39 is 0 Å². The van der Waals surface area contributed by atoms with Gasteiger partial charge in [-0.05, 0) is 57.1 Å². The van der Waals surface area contributed by atoms with E-state index >= 15 is 0 Å². The average Bonchev–Trinajstić information content (AvgIpc) is 2.89. The lowest BCUT2D eigenvalue weighted by Crippen LogP contribution is -2.46. The van der Waals surface area contributed by atoms with Crippen LogP contribution in [0.2, 0.25) is 0 Å². The lowest BCUT2D eigenvalue weighted by molar-refractivity contribution is 0.0988. The van der Waals surface area contributed by atoms with E-state index in [0.717, 1.165) is 50.3 Å². The third-order valence-electron chi connectivity index (χ3n) is 6.70. The van der Waals surface area contributed by atoms with Crippen molar-refractivity contribution in [2.24, 2.45) is 10.1 Å². The van der Waals surface area contributed by atoms with Crippen LogP contribution in [0.3, 0.4) is 0 Å². The van der Waals surface area contributed by atoms with E-state index in [0.29, 0.717) is 18.9 Å². The highest BCUT2D eigenvalue weighted by Gasteiger charge is 2.26. The van der Waals surface area contributed by atoms with Crippen LogP contribution in [0.5, 0.6) is 5.75 Å². The number of amides is 2. The number of nitrogens with zero attached hydrogens (tertiary/aromatic N) is 6. The molecular weight excluding hydrogens is 440 g/mol. The van der Waals surface area contributed by atoms with Gasteiger partial charge >= 0.3 is 6.03 Å². The number of urea groups is 1. The van der Waals surface area contributed by atoms with Gasteiger partial charge in [0, 0.05) is 70.4 Å². The maximum atomic E-state index is 13.0. The van der Waals surface area contributed by atoms with Gasteiger partial charge in [0.25, 0.3) is 0 Å². The minimum Gasteiger partial charge on any atom is -0.490 e. The molecule has 0 atom stereocenters. The molecule has 2 aromatic rings. The van der Waals surface area contributed by atoms with E-state index in [1.807, 2.05) is 41.3 Å². The van der Waals surface area contributed by atoms with Crippen LogP contribution in [0.1, 0.15) is 24.0 Å². The summed E-state index contributed by atoms with van der Waals surface area (Å²) in [6, 6.07) is 16.1. The molecule has 0 spiro atoms. The minimum atomic E-state index is -0.144. The minimum absolute atomic E-state index is 0.111. The van der Waals surface area contributed by atoms with Crippen molar-refractivity contribution >= 4 is 24.3 Å². The second-order valence-electron chi connectivity index (χ2n) is 9.34. The van der Waals surface area contributed by atoms with Gasteiger partial charge in [-0.25, -0.2) is 14.8 Å². The number of piperazine rings is 1. The van der Waals surface area contributed by atoms with Gasteiger partial charge in [-0.15, -0.1) is 5.10 Å². The predicted molar refractivity (Wildman–Crippen MR) is 142 cm³/mol. The molecule has 0 radical (unpaired) electrons. The number of anilines is 1. The molecule has 4 rings (SSSR count). The van der Waals surface area contributed by atoms with E-state index in [1.165, 1.54) is 16.3 Å². The lowest BCUT2D eigenvalue weighted by Gasteiger charge is -2.34. The highest BCUT2D eigenvalue weighted by Crippen LogP contribution is 2.21. The molecule has 2 saturated heterocycles. The number of carbonyl (C=O) groups excluding carboxylic acids is 1. The Morgan fingerprint density at radius 2 is 1.60 bits per heavy atom. The van der Waals surface area contributed by atoms with E-state index in [2.05, 4.69) is 52.7 Å². The zero-order valence-corrected chi connectivity index (χ0v) is 21.1. The van der Waals surface area contributed by atoms with Gasteiger partial charge in [0.05, 0.1) is 0 Å². The summed E-state index contributed by atoms with van der Waals surface area (Å²) in [4.78, 5) is 23.6.